The normalized spacial score (nSPS) is 11.7. The molecule has 2 rings (SSSR count). The van der Waals surface area contributed by atoms with Crippen molar-refractivity contribution in [1.29, 1.82) is 5.26 Å². The number of nitrogens with zero attached hydrogens (tertiary/aromatic N) is 1. The maximum Gasteiger partial charge on any atom is 0.311 e. The quantitative estimate of drug-likeness (QED) is 0.778. The summed E-state index contributed by atoms with van der Waals surface area (Å²) in [5.74, 6) is -0.0478. The molecule has 0 aliphatic heterocycles. The molecule has 0 aromatic heterocycles. The molecule has 0 saturated carbocycles. The van der Waals surface area contributed by atoms with Crippen LogP contribution in [0.2, 0.25) is 0 Å². The second-order valence-corrected chi connectivity index (χ2v) is 5.44. The van der Waals surface area contributed by atoms with Gasteiger partial charge in [-0.1, -0.05) is 68.4 Å². The molecule has 2 aromatic rings. The first-order chi connectivity index (χ1) is 10.6. The molecule has 0 bridgehead atoms. The molecule has 3 heteroatoms. The van der Waals surface area contributed by atoms with Crippen LogP contribution >= 0.6 is 0 Å². The molecular formula is C19H19NO2. The number of benzene rings is 2. The van der Waals surface area contributed by atoms with E-state index in [0.717, 1.165) is 11.1 Å². The lowest BCUT2D eigenvalue weighted by molar-refractivity contribution is -0.146. The number of nitriles is 1. The number of carbonyl (C=O) groups excluding carboxylic acids is 1. The Bertz CT molecular complexity index is 671. The zero-order chi connectivity index (χ0) is 15.9. The van der Waals surface area contributed by atoms with Gasteiger partial charge < -0.3 is 4.74 Å². The molecule has 1 atom stereocenters. The van der Waals surface area contributed by atoms with E-state index in [9.17, 15) is 10.1 Å². The molecule has 22 heavy (non-hydrogen) atoms. The Labute approximate surface area is 131 Å². The molecule has 0 amide bonds. The third-order valence-corrected chi connectivity index (χ3v) is 3.48. The Kier molecular flexibility index (Phi) is 5.32. The van der Waals surface area contributed by atoms with Gasteiger partial charge in [-0.25, -0.2) is 0 Å². The highest BCUT2D eigenvalue weighted by atomic mass is 16.5. The van der Waals surface area contributed by atoms with Gasteiger partial charge in [-0.05, 0) is 17.0 Å². The smallest absolute Gasteiger partial charge is 0.311 e. The molecule has 112 valence electrons. The third-order valence-electron chi connectivity index (χ3n) is 3.48. The first-order valence-corrected chi connectivity index (χ1v) is 7.33. The van der Waals surface area contributed by atoms with Crippen molar-refractivity contribution < 1.29 is 9.53 Å². The SMILES string of the molecule is CC(C)c1ccccc1CC(=O)O[C@H](C#N)c1ccccc1. The van der Waals surface area contributed by atoms with E-state index in [1.807, 2.05) is 48.5 Å². The van der Waals surface area contributed by atoms with Gasteiger partial charge in [0.05, 0.1) is 6.42 Å². The summed E-state index contributed by atoms with van der Waals surface area (Å²) in [6, 6.07) is 18.9. The Morgan fingerprint density at radius 3 is 2.36 bits per heavy atom. The largest absolute Gasteiger partial charge is 0.442 e. The van der Waals surface area contributed by atoms with Gasteiger partial charge in [-0.3, -0.25) is 4.79 Å². The molecule has 2 aromatic carbocycles. The van der Waals surface area contributed by atoms with Crippen molar-refractivity contribution in [1.82, 2.24) is 0 Å². The van der Waals surface area contributed by atoms with Crippen LogP contribution in [0, 0.1) is 11.3 Å². The van der Waals surface area contributed by atoms with E-state index in [2.05, 4.69) is 13.8 Å². The first kappa shape index (κ1) is 15.8. The molecule has 0 fully saturated rings. The van der Waals surface area contributed by atoms with Crippen molar-refractivity contribution in [2.24, 2.45) is 0 Å². The second-order valence-electron chi connectivity index (χ2n) is 5.44. The number of rotatable bonds is 5. The Morgan fingerprint density at radius 2 is 1.73 bits per heavy atom. The molecule has 0 aliphatic carbocycles. The van der Waals surface area contributed by atoms with Crippen LogP contribution in [0.4, 0.5) is 0 Å². The zero-order valence-electron chi connectivity index (χ0n) is 12.8. The molecule has 0 spiro atoms. The highest BCUT2D eigenvalue weighted by molar-refractivity contribution is 5.73. The van der Waals surface area contributed by atoms with Crippen molar-refractivity contribution in [3.05, 3.63) is 71.3 Å². The van der Waals surface area contributed by atoms with Crippen LogP contribution in [0.1, 0.15) is 42.6 Å². The van der Waals surface area contributed by atoms with E-state index in [0.29, 0.717) is 11.5 Å². The minimum absolute atomic E-state index is 0.180. The van der Waals surface area contributed by atoms with Crippen molar-refractivity contribution >= 4 is 5.97 Å². The summed E-state index contributed by atoms with van der Waals surface area (Å²) in [5.41, 5.74) is 2.77. The summed E-state index contributed by atoms with van der Waals surface area (Å²) in [7, 11) is 0. The first-order valence-electron chi connectivity index (χ1n) is 7.33. The number of hydrogen-bond acceptors (Lipinski definition) is 3. The number of esters is 1. The zero-order valence-corrected chi connectivity index (χ0v) is 12.8. The number of carbonyl (C=O) groups is 1. The highest BCUT2D eigenvalue weighted by Gasteiger charge is 2.17. The molecule has 0 unspecified atom stereocenters. The monoisotopic (exact) mass is 293 g/mol. The fraction of sp³-hybridized carbons (Fsp3) is 0.263. The summed E-state index contributed by atoms with van der Waals surface area (Å²) in [6.45, 7) is 4.18. The van der Waals surface area contributed by atoms with Crippen molar-refractivity contribution in [3.8, 4) is 6.07 Å². The Morgan fingerprint density at radius 1 is 1.09 bits per heavy atom. The van der Waals surface area contributed by atoms with E-state index >= 15 is 0 Å². The predicted molar refractivity (Wildman–Crippen MR) is 85.1 cm³/mol. The maximum absolute atomic E-state index is 12.2. The van der Waals surface area contributed by atoms with Gasteiger partial charge in [0.2, 0.25) is 6.10 Å². The topological polar surface area (TPSA) is 50.1 Å². The van der Waals surface area contributed by atoms with Gasteiger partial charge in [0.15, 0.2) is 0 Å². The lowest BCUT2D eigenvalue weighted by Gasteiger charge is -2.14. The van der Waals surface area contributed by atoms with Gasteiger partial charge >= 0.3 is 5.97 Å². The van der Waals surface area contributed by atoms with Crippen LogP contribution < -0.4 is 0 Å². The van der Waals surface area contributed by atoms with Gasteiger partial charge in [-0.15, -0.1) is 0 Å². The molecule has 0 heterocycles. The highest BCUT2D eigenvalue weighted by Crippen LogP contribution is 2.21. The standard InChI is InChI=1S/C19H19NO2/c1-14(2)17-11-7-6-10-16(17)12-19(21)22-18(13-20)15-8-4-3-5-9-15/h3-11,14,18H,12H2,1-2H3/t18-/m1/s1. The maximum atomic E-state index is 12.2. The van der Waals surface area contributed by atoms with E-state index in [1.54, 1.807) is 12.1 Å². The van der Waals surface area contributed by atoms with Crippen LogP contribution in [0.15, 0.2) is 54.6 Å². The predicted octanol–water partition coefficient (Wildman–Crippen LogP) is 4.16. The van der Waals surface area contributed by atoms with Crippen LogP contribution in [0.3, 0.4) is 0 Å². The van der Waals surface area contributed by atoms with Crippen molar-refractivity contribution in [3.63, 3.8) is 0 Å². The lowest BCUT2D eigenvalue weighted by Crippen LogP contribution is -2.13. The van der Waals surface area contributed by atoms with Gasteiger partial charge in [-0.2, -0.15) is 5.26 Å². The molecular weight excluding hydrogens is 274 g/mol. The molecule has 0 N–H and O–H groups in total. The van der Waals surface area contributed by atoms with Gasteiger partial charge in [0, 0.05) is 5.56 Å². The molecule has 0 saturated heterocycles. The fourth-order valence-electron chi connectivity index (χ4n) is 2.38. The van der Waals surface area contributed by atoms with Crippen molar-refractivity contribution in [2.75, 3.05) is 0 Å². The average Bonchev–Trinajstić information content (AvgIpc) is 2.53. The van der Waals surface area contributed by atoms with Crippen LogP contribution in [-0.4, -0.2) is 5.97 Å². The summed E-state index contributed by atoms with van der Waals surface area (Å²) >= 11 is 0. The lowest BCUT2D eigenvalue weighted by atomic mass is 9.95. The number of ether oxygens (including phenoxy) is 1. The molecule has 0 aliphatic rings. The second kappa shape index (κ2) is 7.42. The van der Waals surface area contributed by atoms with E-state index in [-0.39, 0.29) is 12.4 Å². The van der Waals surface area contributed by atoms with E-state index in [1.165, 1.54) is 0 Å². The van der Waals surface area contributed by atoms with Crippen LogP contribution in [0.5, 0.6) is 0 Å². The number of hydrogen-bond donors (Lipinski definition) is 0. The third kappa shape index (κ3) is 3.95. The van der Waals surface area contributed by atoms with Crippen molar-refractivity contribution in [2.45, 2.75) is 32.3 Å². The summed E-state index contributed by atoms with van der Waals surface area (Å²) in [4.78, 5) is 12.2. The van der Waals surface area contributed by atoms with Gasteiger partial charge in [0.25, 0.3) is 0 Å². The average molecular weight is 293 g/mol. The summed E-state index contributed by atoms with van der Waals surface area (Å²) in [6.07, 6.45) is -0.681. The van der Waals surface area contributed by atoms with Crippen LogP contribution in [0.25, 0.3) is 0 Å². The van der Waals surface area contributed by atoms with Gasteiger partial charge in [0.1, 0.15) is 6.07 Å². The Hall–Kier alpha value is -2.60. The summed E-state index contributed by atoms with van der Waals surface area (Å²) in [5, 5.41) is 9.21. The fourth-order valence-corrected chi connectivity index (χ4v) is 2.38. The molecule has 0 radical (unpaired) electrons. The summed E-state index contributed by atoms with van der Waals surface area (Å²) < 4.78 is 5.32. The minimum Gasteiger partial charge on any atom is -0.442 e. The van der Waals surface area contributed by atoms with E-state index in [4.69, 9.17) is 4.74 Å². The van der Waals surface area contributed by atoms with E-state index < -0.39 is 6.10 Å². The molecule has 3 nitrogen and oxygen atoms in total. The van der Waals surface area contributed by atoms with Crippen LogP contribution in [-0.2, 0) is 16.0 Å². The Balaban J connectivity index is 2.09. The minimum atomic E-state index is -0.861.